The van der Waals surface area contributed by atoms with Crippen LogP contribution in [0.3, 0.4) is 0 Å². The summed E-state index contributed by atoms with van der Waals surface area (Å²) in [5, 5.41) is 6.66. The lowest BCUT2D eigenvalue weighted by Gasteiger charge is -2.24. The molecule has 4 atom stereocenters. The van der Waals surface area contributed by atoms with E-state index in [1.165, 1.54) is 29.5 Å². The summed E-state index contributed by atoms with van der Waals surface area (Å²) in [7, 11) is 1.76. The van der Waals surface area contributed by atoms with Gasteiger partial charge in [-0.2, -0.15) is 0 Å². The molecule has 3 aliphatic rings. The van der Waals surface area contributed by atoms with Gasteiger partial charge in [0.1, 0.15) is 0 Å². The van der Waals surface area contributed by atoms with Gasteiger partial charge in [0.15, 0.2) is 0 Å². The van der Waals surface area contributed by atoms with Crippen molar-refractivity contribution in [2.75, 3.05) is 20.3 Å². The van der Waals surface area contributed by atoms with Crippen molar-refractivity contribution in [1.82, 2.24) is 10.6 Å². The molecule has 1 saturated carbocycles. The van der Waals surface area contributed by atoms with Crippen LogP contribution in [0.1, 0.15) is 36.8 Å². The van der Waals surface area contributed by atoms with Crippen molar-refractivity contribution < 1.29 is 9.53 Å². The fraction of sp³-hybridized carbons (Fsp3) is 0.545. The number of hydrogen-bond acceptors (Lipinski definition) is 4. The van der Waals surface area contributed by atoms with Crippen LogP contribution in [0.2, 0.25) is 0 Å². The van der Waals surface area contributed by atoms with Gasteiger partial charge in [0.05, 0.1) is 25.3 Å². The van der Waals surface area contributed by atoms with E-state index in [9.17, 15) is 4.79 Å². The molecule has 1 saturated heterocycles. The third-order valence-corrected chi connectivity index (χ3v) is 6.04. The Morgan fingerprint density at radius 3 is 2.85 bits per heavy atom. The Hall–Kier alpha value is -1.98. The van der Waals surface area contributed by atoms with Crippen LogP contribution in [-0.4, -0.2) is 50.5 Å². The maximum Gasteiger partial charge on any atom is 0.237 e. The van der Waals surface area contributed by atoms with Gasteiger partial charge in [0.25, 0.3) is 0 Å². The summed E-state index contributed by atoms with van der Waals surface area (Å²) in [6.45, 7) is 1.50. The number of carbonyl (C=O) groups excluding carboxylic acids is 1. The minimum absolute atomic E-state index is 0.0284. The standard InChI is InChI=1S/C22H29N3O2/c1-23-14-20(25-22(26)21-18-6-7-19(13-18)24-21)12-15-2-4-16(5-3-15)17-8-10-27-11-9-17/h2-5,8,14,18-21,24H,6-7,9-13H2,1H3,(H,25,26). The molecule has 4 rings (SSSR count). The number of aliphatic imine (C=N–C) groups is 1. The molecule has 4 unspecified atom stereocenters. The lowest BCUT2D eigenvalue weighted by Crippen LogP contribution is -2.51. The average Bonchev–Trinajstić information content (AvgIpc) is 3.33. The maximum atomic E-state index is 12.7. The van der Waals surface area contributed by atoms with Gasteiger partial charge in [-0.05, 0) is 54.7 Å². The number of piperidine rings is 1. The maximum absolute atomic E-state index is 12.7. The van der Waals surface area contributed by atoms with Crippen LogP contribution in [0.5, 0.6) is 0 Å². The van der Waals surface area contributed by atoms with Crippen molar-refractivity contribution in [2.24, 2.45) is 10.9 Å². The second-order valence-corrected chi connectivity index (χ2v) is 7.89. The Labute approximate surface area is 161 Å². The first kappa shape index (κ1) is 18.4. The van der Waals surface area contributed by atoms with Gasteiger partial charge in [0, 0.05) is 19.3 Å². The topological polar surface area (TPSA) is 62.7 Å². The number of benzene rings is 1. The average molecular weight is 367 g/mol. The number of hydrogen-bond donors (Lipinski definition) is 2. The van der Waals surface area contributed by atoms with Gasteiger partial charge in [-0.3, -0.25) is 9.79 Å². The number of nitrogens with one attached hydrogen (secondary N) is 2. The van der Waals surface area contributed by atoms with E-state index in [-0.39, 0.29) is 18.0 Å². The smallest absolute Gasteiger partial charge is 0.237 e. The van der Waals surface area contributed by atoms with E-state index >= 15 is 0 Å². The normalized spacial score (nSPS) is 28.3. The molecule has 1 amide bonds. The van der Waals surface area contributed by atoms with Gasteiger partial charge < -0.3 is 15.4 Å². The predicted octanol–water partition coefficient (Wildman–Crippen LogP) is 2.36. The van der Waals surface area contributed by atoms with E-state index < -0.39 is 0 Å². The summed E-state index contributed by atoms with van der Waals surface area (Å²) >= 11 is 0. The highest BCUT2D eigenvalue weighted by Crippen LogP contribution is 2.35. The van der Waals surface area contributed by atoms with Crippen LogP contribution >= 0.6 is 0 Å². The van der Waals surface area contributed by atoms with Crippen LogP contribution in [0.4, 0.5) is 0 Å². The van der Waals surface area contributed by atoms with Crippen LogP contribution < -0.4 is 10.6 Å². The molecule has 1 aliphatic carbocycles. The molecule has 2 N–H and O–H groups in total. The first-order valence-corrected chi connectivity index (χ1v) is 10.1. The number of rotatable bonds is 6. The number of fused-ring (bicyclic) bond motifs is 2. The number of nitrogens with zero attached hydrogens (tertiary/aromatic N) is 1. The van der Waals surface area contributed by atoms with E-state index in [1.807, 2.05) is 6.21 Å². The van der Waals surface area contributed by atoms with Gasteiger partial charge in [0.2, 0.25) is 5.91 Å². The highest BCUT2D eigenvalue weighted by Gasteiger charge is 2.42. The first-order valence-electron chi connectivity index (χ1n) is 10.1. The van der Waals surface area contributed by atoms with E-state index in [4.69, 9.17) is 4.74 Å². The minimum atomic E-state index is -0.0726. The van der Waals surface area contributed by atoms with E-state index in [0.717, 1.165) is 25.9 Å². The molecular formula is C22H29N3O2. The molecule has 5 nitrogen and oxygen atoms in total. The molecule has 144 valence electrons. The van der Waals surface area contributed by atoms with Crippen molar-refractivity contribution in [3.8, 4) is 0 Å². The largest absolute Gasteiger partial charge is 0.377 e. The van der Waals surface area contributed by atoms with Gasteiger partial charge in [-0.1, -0.05) is 30.3 Å². The summed E-state index contributed by atoms with van der Waals surface area (Å²) < 4.78 is 5.39. The molecule has 2 bridgehead atoms. The quantitative estimate of drug-likeness (QED) is 0.759. The van der Waals surface area contributed by atoms with Crippen molar-refractivity contribution in [3.63, 3.8) is 0 Å². The lowest BCUT2D eigenvalue weighted by atomic mass is 9.97. The fourth-order valence-electron chi connectivity index (χ4n) is 4.64. The number of ether oxygens (including phenoxy) is 1. The van der Waals surface area contributed by atoms with Gasteiger partial charge in [-0.15, -0.1) is 0 Å². The zero-order chi connectivity index (χ0) is 18.6. The first-order chi connectivity index (χ1) is 13.2. The molecule has 27 heavy (non-hydrogen) atoms. The number of amides is 1. The van der Waals surface area contributed by atoms with Crippen LogP contribution in [0.15, 0.2) is 35.3 Å². The van der Waals surface area contributed by atoms with Crippen LogP contribution in [0, 0.1) is 5.92 Å². The zero-order valence-electron chi connectivity index (χ0n) is 16.0. The molecule has 0 aromatic heterocycles. The highest BCUT2D eigenvalue weighted by molar-refractivity contribution is 5.86. The molecule has 0 spiro atoms. The third kappa shape index (κ3) is 4.30. The van der Waals surface area contributed by atoms with Gasteiger partial charge >= 0.3 is 0 Å². The van der Waals surface area contributed by atoms with Crippen molar-refractivity contribution >= 4 is 17.7 Å². The van der Waals surface area contributed by atoms with E-state index in [0.29, 0.717) is 18.6 Å². The highest BCUT2D eigenvalue weighted by atomic mass is 16.5. The molecule has 2 aliphatic heterocycles. The summed E-state index contributed by atoms with van der Waals surface area (Å²) in [5.74, 6) is 0.623. The third-order valence-electron chi connectivity index (χ3n) is 6.04. The van der Waals surface area contributed by atoms with Crippen LogP contribution in [0.25, 0.3) is 5.57 Å². The Morgan fingerprint density at radius 2 is 2.22 bits per heavy atom. The molecule has 2 fully saturated rings. The monoisotopic (exact) mass is 367 g/mol. The minimum Gasteiger partial charge on any atom is -0.377 e. The lowest BCUT2D eigenvalue weighted by molar-refractivity contribution is -0.124. The predicted molar refractivity (Wildman–Crippen MR) is 108 cm³/mol. The molecule has 1 aromatic carbocycles. The SMILES string of the molecule is CN=CC(Cc1ccc(C2=CCOCC2)cc1)NC(=O)C1NC2CCC1C2. The second kappa shape index (κ2) is 8.36. The Bertz CT molecular complexity index is 726. The summed E-state index contributed by atoms with van der Waals surface area (Å²) in [6.07, 6.45) is 9.26. The Kier molecular flexibility index (Phi) is 5.69. The number of carbonyl (C=O) groups is 1. The molecular weight excluding hydrogens is 338 g/mol. The summed E-state index contributed by atoms with van der Waals surface area (Å²) in [5.41, 5.74) is 3.82. The van der Waals surface area contributed by atoms with Crippen LogP contribution in [-0.2, 0) is 16.0 Å². The fourth-order valence-corrected chi connectivity index (χ4v) is 4.64. The Balaban J connectivity index is 1.37. The van der Waals surface area contributed by atoms with E-state index in [2.05, 4.69) is 46.0 Å². The van der Waals surface area contributed by atoms with Crippen molar-refractivity contribution in [2.45, 2.75) is 50.2 Å². The van der Waals surface area contributed by atoms with Crippen molar-refractivity contribution in [1.29, 1.82) is 0 Å². The molecule has 5 heteroatoms. The summed E-state index contributed by atoms with van der Waals surface area (Å²) in [4.78, 5) is 16.9. The molecule has 1 aromatic rings. The van der Waals surface area contributed by atoms with E-state index in [1.54, 1.807) is 7.05 Å². The Morgan fingerprint density at radius 1 is 1.37 bits per heavy atom. The van der Waals surface area contributed by atoms with Crippen molar-refractivity contribution in [3.05, 3.63) is 41.5 Å². The second-order valence-electron chi connectivity index (χ2n) is 7.89. The molecule has 2 heterocycles. The van der Waals surface area contributed by atoms with Gasteiger partial charge in [-0.25, -0.2) is 0 Å². The zero-order valence-corrected chi connectivity index (χ0v) is 16.0. The molecule has 0 radical (unpaired) electrons. The summed E-state index contributed by atoms with van der Waals surface area (Å²) in [6, 6.07) is 9.10.